The first kappa shape index (κ1) is 17.9. The summed E-state index contributed by atoms with van der Waals surface area (Å²) in [7, 11) is 0. The number of rotatable bonds is 3. The minimum atomic E-state index is -0.332. The zero-order valence-corrected chi connectivity index (χ0v) is 16.0. The van der Waals surface area contributed by atoms with E-state index in [9.17, 15) is 4.79 Å². The number of hydrogen-bond donors (Lipinski definition) is 1. The number of carbonyl (C=O) groups excluding carboxylic acids is 1. The quantitative estimate of drug-likeness (QED) is 0.649. The second kappa shape index (κ2) is 7.66. The number of benzene rings is 1. The minimum absolute atomic E-state index is 0.159. The molecule has 0 spiro atoms. The van der Waals surface area contributed by atoms with E-state index in [-0.39, 0.29) is 11.1 Å². The molecule has 1 N–H and O–H groups in total. The lowest BCUT2D eigenvalue weighted by molar-refractivity contribution is 0.102. The fourth-order valence-electron chi connectivity index (χ4n) is 3.21. The molecule has 1 aliphatic rings. The highest BCUT2D eigenvalue weighted by molar-refractivity contribution is 6.34. The molecule has 0 fully saturated rings. The standard InChI is InChI=1S/C19H17Cl2N5O/c20-15-8-7-12(23-19(27)13-5-4-9-22-17(13)21)11-14(15)18-25-24-16-6-2-1-3-10-26(16)18/h4-5,7-9,11H,1-3,6,10H2,(H,23,27). The van der Waals surface area contributed by atoms with E-state index in [1.54, 1.807) is 24.3 Å². The third kappa shape index (κ3) is 3.68. The van der Waals surface area contributed by atoms with Gasteiger partial charge in [0.2, 0.25) is 0 Å². The van der Waals surface area contributed by atoms with Crippen molar-refractivity contribution in [1.82, 2.24) is 19.7 Å². The number of aromatic nitrogens is 4. The lowest BCUT2D eigenvalue weighted by Gasteiger charge is -2.11. The zero-order valence-electron chi connectivity index (χ0n) is 14.5. The SMILES string of the molecule is O=C(Nc1ccc(Cl)c(-c2nnc3n2CCCCC3)c1)c1cccnc1Cl. The van der Waals surface area contributed by atoms with Crippen molar-refractivity contribution >= 4 is 34.8 Å². The molecule has 138 valence electrons. The first-order chi connectivity index (χ1) is 13.1. The first-order valence-corrected chi connectivity index (χ1v) is 9.53. The molecule has 1 aromatic carbocycles. The van der Waals surface area contributed by atoms with Gasteiger partial charge in [0, 0.05) is 30.4 Å². The van der Waals surface area contributed by atoms with Crippen molar-refractivity contribution in [1.29, 1.82) is 0 Å². The third-order valence-corrected chi connectivity index (χ3v) is 5.21. The summed E-state index contributed by atoms with van der Waals surface area (Å²) < 4.78 is 2.12. The molecule has 0 saturated heterocycles. The Labute approximate surface area is 166 Å². The highest BCUT2D eigenvalue weighted by atomic mass is 35.5. The van der Waals surface area contributed by atoms with Crippen molar-refractivity contribution in [3.05, 3.63) is 58.1 Å². The van der Waals surface area contributed by atoms with Gasteiger partial charge in [-0.05, 0) is 43.2 Å². The van der Waals surface area contributed by atoms with Crippen molar-refractivity contribution in [2.45, 2.75) is 32.2 Å². The van der Waals surface area contributed by atoms with Crippen LogP contribution in [-0.4, -0.2) is 25.7 Å². The largest absolute Gasteiger partial charge is 0.322 e. The lowest BCUT2D eigenvalue weighted by atomic mass is 10.1. The molecule has 1 aliphatic heterocycles. The van der Waals surface area contributed by atoms with Crippen molar-refractivity contribution in [3.63, 3.8) is 0 Å². The Kier molecular flexibility index (Phi) is 5.09. The number of hydrogen-bond acceptors (Lipinski definition) is 4. The van der Waals surface area contributed by atoms with E-state index < -0.39 is 0 Å². The number of amides is 1. The van der Waals surface area contributed by atoms with Crippen molar-refractivity contribution < 1.29 is 4.79 Å². The molecular formula is C19H17Cl2N5O. The topological polar surface area (TPSA) is 72.7 Å². The number of nitrogens with zero attached hydrogens (tertiary/aromatic N) is 4. The molecule has 0 atom stereocenters. The van der Waals surface area contributed by atoms with Crippen LogP contribution in [0.4, 0.5) is 5.69 Å². The van der Waals surface area contributed by atoms with Crippen LogP contribution in [0.3, 0.4) is 0 Å². The van der Waals surface area contributed by atoms with Crippen LogP contribution < -0.4 is 5.32 Å². The van der Waals surface area contributed by atoms with Crippen molar-refractivity contribution in [2.75, 3.05) is 5.32 Å². The highest BCUT2D eigenvalue weighted by Gasteiger charge is 2.19. The molecule has 27 heavy (non-hydrogen) atoms. The van der Waals surface area contributed by atoms with Gasteiger partial charge in [-0.15, -0.1) is 10.2 Å². The van der Waals surface area contributed by atoms with Gasteiger partial charge in [0.25, 0.3) is 5.91 Å². The predicted molar refractivity (Wildman–Crippen MR) is 105 cm³/mol. The zero-order chi connectivity index (χ0) is 18.8. The second-order valence-corrected chi connectivity index (χ2v) is 7.16. The number of carbonyl (C=O) groups is 1. The number of aryl methyl sites for hydroxylation is 1. The maximum Gasteiger partial charge on any atom is 0.258 e. The molecule has 0 unspecified atom stereocenters. The fourth-order valence-corrected chi connectivity index (χ4v) is 3.62. The molecule has 4 rings (SSSR count). The predicted octanol–water partition coefficient (Wildman–Crippen LogP) is 4.63. The summed E-state index contributed by atoms with van der Waals surface area (Å²) in [5, 5.41) is 12.2. The van der Waals surface area contributed by atoms with E-state index in [0.29, 0.717) is 16.3 Å². The molecule has 1 amide bonds. The average Bonchev–Trinajstić information content (AvgIpc) is 2.91. The fraction of sp³-hybridized carbons (Fsp3) is 0.263. The Morgan fingerprint density at radius 2 is 2.00 bits per heavy atom. The first-order valence-electron chi connectivity index (χ1n) is 8.77. The van der Waals surface area contributed by atoms with E-state index in [1.807, 2.05) is 6.07 Å². The van der Waals surface area contributed by atoms with Crippen LogP contribution in [-0.2, 0) is 13.0 Å². The number of halogens is 2. The van der Waals surface area contributed by atoms with E-state index in [2.05, 4.69) is 25.1 Å². The van der Waals surface area contributed by atoms with Crippen molar-refractivity contribution in [3.8, 4) is 11.4 Å². The van der Waals surface area contributed by atoms with E-state index in [1.165, 1.54) is 12.6 Å². The molecule has 6 nitrogen and oxygen atoms in total. The maximum atomic E-state index is 12.5. The molecule has 0 bridgehead atoms. The summed E-state index contributed by atoms with van der Waals surface area (Å²) in [6.07, 6.45) is 5.84. The van der Waals surface area contributed by atoms with Crippen LogP contribution in [0.5, 0.6) is 0 Å². The minimum Gasteiger partial charge on any atom is -0.322 e. The highest BCUT2D eigenvalue weighted by Crippen LogP contribution is 2.31. The van der Waals surface area contributed by atoms with Crippen molar-refractivity contribution in [2.24, 2.45) is 0 Å². The van der Waals surface area contributed by atoms with E-state index in [4.69, 9.17) is 23.2 Å². The lowest BCUT2D eigenvalue weighted by Crippen LogP contribution is -2.13. The van der Waals surface area contributed by atoms with Gasteiger partial charge in [0.05, 0.1) is 10.6 Å². The number of nitrogens with one attached hydrogen (secondary N) is 1. The summed E-state index contributed by atoms with van der Waals surface area (Å²) in [5.41, 5.74) is 1.66. The van der Waals surface area contributed by atoms with Crippen LogP contribution in [0.2, 0.25) is 10.2 Å². The Hall–Kier alpha value is -2.44. The Bertz CT molecular complexity index is 1000. The summed E-state index contributed by atoms with van der Waals surface area (Å²) in [6, 6.07) is 8.59. The second-order valence-electron chi connectivity index (χ2n) is 6.39. The summed E-state index contributed by atoms with van der Waals surface area (Å²) in [5.74, 6) is 1.38. The van der Waals surface area contributed by atoms with Gasteiger partial charge < -0.3 is 9.88 Å². The number of pyridine rings is 1. The van der Waals surface area contributed by atoms with E-state index >= 15 is 0 Å². The Morgan fingerprint density at radius 3 is 2.85 bits per heavy atom. The van der Waals surface area contributed by atoms with Gasteiger partial charge in [0.15, 0.2) is 5.82 Å². The molecular weight excluding hydrogens is 385 g/mol. The van der Waals surface area contributed by atoms with Crippen LogP contribution in [0, 0.1) is 0 Å². The molecule has 0 radical (unpaired) electrons. The van der Waals surface area contributed by atoms with Gasteiger partial charge >= 0.3 is 0 Å². The maximum absolute atomic E-state index is 12.5. The smallest absolute Gasteiger partial charge is 0.258 e. The normalized spacial score (nSPS) is 13.7. The molecule has 3 heterocycles. The summed E-state index contributed by atoms with van der Waals surface area (Å²) >= 11 is 12.4. The monoisotopic (exact) mass is 401 g/mol. The molecule has 0 saturated carbocycles. The summed E-state index contributed by atoms with van der Waals surface area (Å²) in [6.45, 7) is 0.871. The average molecular weight is 402 g/mol. The van der Waals surface area contributed by atoms with Crippen LogP contribution >= 0.6 is 23.2 Å². The van der Waals surface area contributed by atoms with Gasteiger partial charge in [-0.2, -0.15) is 0 Å². The van der Waals surface area contributed by atoms with Gasteiger partial charge in [-0.3, -0.25) is 4.79 Å². The number of fused-ring (bicyclic) bond motifs is 1. The van der Waals surface area contributed by atoms with Crippen LogP contribution in [0.25, 0.3) is 11.4 Å². The van der Waals surface area contributed by atoms with Gasteiger partial charge in [-0.1, -0.05) is 29.6 Å². The number of anilines is 1. The van der Waals surface area contributed by atoms with Gasteiger partial charge in [-0.25, -0.2) is 4.98 Å². The molecule has 0 aliphatic carbocycles. The van der Waals surface area contributed by atoms with Gasteiger partial charge in [0.1, 0.15) is 11.0 Å². The Morgan fingerprint density at radius 1 is 1.11 bits per heavy atom. The Balaban J connectivity index is 1.66. The van der Waals surface area contributed by atoms with Crippen LogP contribution in [0.1, 0.15) is 35.4 Å². The molecule has 3 aromatic rings. The molecule has 8 heteroatoms. The van der Waals surface area contributed by atoms with E-state index in [0.717, 1.165) is 43.0 Å². The molecule has 2 aromatic heterocycles. The van der Waals surface area contributed by atoms with Crippen LogP contribution in [0.15, 0.2) is 36.5 Å². The third-order valence-electron chi connectivity index (χ3n) is 4.58. The summed E-state index contributed by atoms with van der Waals surface area (Å²) in [4.78, 5) is 16.4.